The number of carbonyl (C=O) groups excluding carboxylic acids is 1. The molecule has 0 saturated carbocycles. The lowest BCUT2D eigenvalue weighted by atomic mass is 10.0. The molecule has 0 aromatic heterocycles. The van der Waals surface area contributed by atoms with Gasteiger partial charge in [-0.3, -0.25) is 4.79 Å². The van der Waals surface area contributed by atoms with Crippen molar-refractivity contribution in [3.8, 4) is 28.4 Å². The SMILES string of the molecule is COc1ccccc1COc1ccc(-c2ccc(OC(F)(F)F)cc2)cc1C=O. The van der Waals surface area contributed by atoms with E-state index in [2.05, 4.69) is 4.74 Å². The minimum atomic E-state index is -4.74. The van der Waals surface area contributed by atoms with E-state index in [4.69, 9.17) is 9.47 Å². The third-order valence-corrected chi connectivity index (χ3v) is 4.13. The van der Waals surface area contributed by atoms with E-state index in [1.165, 1.54) is 24.3 Å². The number of rotatable bonds is 7. The Morgan fingerprint density at radius 3 is 2.24 bits per heavy atom. The fourth-order valence-corrected chi connectivity index (χ4v) is 2.78. The van der Waals surface area contributed by atoms with Crippen LogP contribution >= 0.6 is 0 Å². The average Bonchev–Trinajstić information content (AvgIpc) is 2.71. The first kappa shape index (κ1) is 20.3. The summed E-state index contributed by atoms with van der Waals surface area (Å²) >= 11 is 0. The number of alkyl halides is 3. The normalized spacial score (nSPS) is 11.0. The molecule has 0 aliphatic carbocycles. The van der Waals surface area contributed by atoms with E-state index in [1.54, 1.807) is 25.3 Å². The van der Waals surface area contributed by atoms with Crippen molar-refractivity contribution in [3.63, 3.8) is 0 Å². The summed E-state index contributed by atoms with van der Waals surface area (Å²) in [6.45, 7) is 0.216. The Kier molecular flexibility index (Phi) is 6.07. The first-order chi connectivity index (χ1) is 13.9. The van der Waals surface area contributed by atoms with Crippen molar-refractivity contribution in [2.24, 2.45) is 0 Å². The van der Waals surface area contributed by atoms with Crippen LogP contribution in [-0.2, 0) is 6.61 Å². The number of ether oxygens (including phenoxy) is 3. The second-order valence-corrected chi connectivity index (χ2v) is 6.04. The lowest BCUT2D eigenvalue weighted by Crippen LogP contribution is -2.16. The molecule has 0 amide bonds. The Morgan fingerprint density at radius 1 is 0.897 bits per heavy atom. The van der Waals surface area contributed by atoms with Gasteiger partial charge >= 0.3 is 6.36 Å². The molecule has 0 unspecified atom stereocenters. The van der Waals surface area contributed by atoms with Crippen molar-refractivity contribution in [1.29, 1.82) is 0 Å². The van der Waals surface area contributed by atoms with Crippen LogP contribution in [0.4, 0.5) is 13.2 Å². The van der Waals surface area contributed by atoms with Gasteiger partial charge in [-0.05, 0) is 41.5 Å². The molecule has 29 heavy (non-hydrogen) atoms. The summed E-state index contributed by atoms with van der Waals surface area (Å²) in [6, 6.07) is 17.8. The number of hydrogen-bond donors (Lipinski definition) is 0. The van der Waals surface area contributed by atoms with Gasteiger partial charge in [-0.2, -0.15) is 0 Å². The van der Waals surface area contributed by atoms with Crippen LogP contribution in [0.2, 0.25) is 0 Å². The predicted molar refractivity (Wildman–Crippen MR) is 101 cm³/mol. The fraction of sp³-hybridized carbons (Fsp3) is 0.136. The number of aldehydes is 1. The molecule has 150 valence electrons. The molecule has 3 aromatic carbocycles. The summed E-state index contributed by atoms with van der Waals surface area (Å²) in [7, 11) is 1.56. The Balaban J connectivity index is 1.77. The van der Waals surface area contributed by atoms with Gasteiger partial charge < -0.3 is 14.2 Å². The highest BCUT2D eigenvalue weighted by Crippen LogP contribution is 2.30. The highest BCUT2D eigenvalue weighted by molar-refractivity contribution is 5.83. The van der Waals surface area contributed by atoms with Gasteiger partial charge in [0.05, 0.1) is 12.7 Å². The van der Waals surface area contributed by atoms with E-state index in [1.807, 2.05) is 24.3 Å². The maximum absolute atomic E-state index is 12.3. The van der Waals surface area contributed by atoms with Crippen LogP contribution in [-0.4, -0.2) is 19.8 Å². The van der Waals surface area contributed by atoms with Gasteiger partial charge in [-0.1, -0.05) is 36.4 Å². The monoisotopic (exact) mass is 402 g/mol. The van der Waals surface area contributed by atoms with Crippen molar-refractivity contribution in [1.82, 2.24) is 0 Å². The highest BCUT2D eigenvalue weighted by atomic mass is 19.4. The van der Waals surface area contributed by atoms with E-state index in [0.29, 0.717) is 34.5 Å². The van der Waals surface area contributed by atoms with Crippen LogP contribution in [0, 0.1) is 0 Å². The Labute approximate surface area is 165 Å². The van der Waals surface area contributed by atoms with Gasteiger partial charge in [0.1, 0.15) is 23.9 Å². The largest absolute Gasteiger partial charge is 0.573 e. The van der Waals surface area contributed by atoms with Gasteiger partial charge in [-0.25, -0.2) is 0 Å². The molecule has 0 spiro atoms. The molecule has 3 aromatic rings. The molecule has 0 saturated heterocycles. The Morgan fingerprint density at radius 2 is 1.59 bits per heavy atom. The van der Waals surface area contributed by atoms with Gasteiger partial charge in [0.15, 0.2) is 6.29 Å². The molecule has 0 bridgehead atoms. The van der Waals surface area contributed by atoms with Crippen molar-refractivity contribution >= 4 is 6.29 Å². The van der Waals surface area contributed by atoms with Crippen LogP contribution in [0.3, 0.4) is 0 Å². The van der Waals surface area contributed by atoms with Crippen molar-refractivity contribution in [3.05, 3.63) is 77.9 Å². The number of methoxy groups -OCH3 is 1. The number of hydrogen-bond acceptors (Lipinski definition) is 4. The molecule has 0 aliphatic rings. The zero-order valence-corrected chi connectivity index (χ0v) is 15.4. The molecule has 0 atom stereocenters. The van der Waals surface area contributed by atoms with Crippen LogP contribution < -0.4 is 14.2 Å². The number of para-hydroxylation sites is 1. The van der Waals surface area contributed by atoms with Gasteiger partial charge in [0, 0.05) is 5.56 Å². The molecule has 3 rings (SSSR count). The first-order valence-corrected chi connectivity index (χ1v) is 8.60. The molecule has 0 heterocycles. The summed E-state index contributed by atoms with van der Waals surface area (Å²) in [6.07, 6.45) is -4.07. The molecule has 0 N–H and O–H groups in total. The highest BCUT2D eigenvalue weighted by Gasteiger charge is 2.30. The van der Waals surface area contributed by atoms with E-state index < -0.39 is 6.36 Å². The molecule has 0 radical (unpaired) electrons. The molecule has 4 nitrogen and oxygen atoms in total. The summed E-state index contributed by atoms with van der Waals surface area (Å²) < 4.78 is 51.7. The second-order valence-electron chi connectivity index (χ2n) is 6.04. The third kappa shape index (κ3) is 5.28. The fourth-order valence-electron chi connectivity index (χ4n) is 2.78. The summed E-state index contributed by atoms with van der Waals surface area (Å²) in [4.78, 5) is 11.5. The van der Waals surface area contributed by atoms with Gasteiger partial charge in [-0.15, -0.1) is 13.2 Å². The molecule has 0 aliphatic heterocycles. The standard InChI is InChI=1S/C22H17F3O4/c1-27-20-5-3-2-4-17(20)14-28-21-11-8-16(12-18(21)13-26)15-6-9-19(10-7-15)29-22(23,24)25/h2-13H,14H2,1H3. The average molecular weight is 402 g/mol. The topological polar surface area (TPSA) is 44.8 Å². The molecular formula is C22H17F3O4. The minimum Gasteiger partial charge on any atom is -0.496 e. The first-order valence-electron chi connectivity index (χ1n) is 8.60. The Bertz CT molecular complexity index is 982. The number of carbonyl (C=O) groups is 1. The van der Waals surface area contributed by atoms with Crippen LogP contribution in [0.1, 0.15) is 15.9 Å². The maximum Gasteiger partial charge on any atom is 0.573 e. The summed E-state index contributed by atoms with van der Waals surface area (Å²) in [5.74, 6) is 0.762. The summed E-state index contributed by atoms with van der Waals surface area (Å²) in [5.41, 5.74) is 2.46. The van der Waals surface area contributed by atoms with Crippen LogP contribution in [0.5, 0.6) is 17.2 Å². The predicted octanol–water partition coefficient (Wildman–Crippen LogP) is 5.65. The Hall–Kier alpha value is -3.48. The zero-order valence-electron chi connectivity index (χ0n) is 15.4. The smallest absolute Gasteiger partial charge is 0.496 e. The van der Waals surface area contributed by atoms with Crippen molar-refractivity contribution in [2.75, 3.05) is 7.11 Å². The molecular weight excluding hydrogens is 385 g/mol. The van der Waals surface area contributed by atoms with Crippen molar-refractivity contribution in [2.45, 2.75) is 13.0 Å². The van der Waals surface area contributed by atoms with Crippen LogP contribution in [0.15, 0.2) is 66.7 Å². The lowest BCUT2D eigenvalue weighted by Gasteiger charge is -2.13. The van der Waals surface area contributed by atoms with Gasteiger partial charge in [0.25, 0.3) is 0 Å². The van der Waals surface area contributed by atoms with E-state index in [-0.39, 0.29) is 12.4 Å². The zero-order chi connectivity index (χ0) is 20.9. The number of halogens is 3. The lowest BCUT2D eigenvalue weighted by molar-refractivity contribution is -0.274. The van der Waals surface area contributed by atoms with E-state index in [9.17, 15) is 18.0 Å². The third-order valence-electron chi connectivity index (χ3n) is 4.13. The quantitative estimate of drug-likeness (QED) is 0.479. The minimum absolute atomic E-state index is 0.216. The number of benzene rings is 3. The van der Waals surface area contributed by atoms with Gasteiger partial charge in [0.2, 0.25) is 0 Å². The molecule has 0 fully saturated rings. The van der Waals surface area contributed by atoms with E-state index >= 15 is 0 Å². The summed E-state index contributed by atoms with van der Waals surface area (Å²) in [5, 5.41) is 0. The van der Waals surface area contributed by atoms with Crippen molar-refractivity contribution < 1.29 is 32.2 Å². The second kappa shape index (κ2) is 8.68. The maximum atomic E-state index is 12.3. The van der Waals surface area contributed by atoms with E-state index in [0.717, 1.165) is 5.56 Å². The molecule has 7 heteroatoms. The van der Waals surface area contributed by atoms with Crippen LogP contribution in [0.25, 0.3) is 11.1 Å².